The molecule has 0 aliphatic carbocycles. The summed E-state index contributed by atoms with van der Waals surface area (Å²) in [4.78, 5) is 21.3. The minimum absolute atomic E-state index is 0.268. The monoisotopic (exact) mass is 357 g/mol. The Balaban J connectivity index is 1.86. The van der Waals surface area contributed by atoms with E-state index < -0.39 is 0 Å². The summed E-state index contributed by atoms with van der Waals surface area (Å²) < 4.78 is 0. The zero-order valence-corrected chi connectivity index (χ0v) is 15.4. The minimum Gasteiger partial charge on any atom is -0.340 e. The molecule has 0 radical (unpaired) electrons. The highest BCUT2D eigenvalue weighted by molar-refractivity contribution is 6.04. The Morgan fingerprint density at radius 2 is 1.70 bits per heavy atom. The first-order valence-corrected chi connectivity index (χ1v) is 8.46. The predicted octanol–water partition coefficient (Wildman–Crippen LogP) is 4.27. The molecule has 6 nitrogen and oxygen atoms in total. The van der Waals surface area contributed by atoms with E-state index in [1.54, 1.807) is 31.2 Å². The van der Waals surface area contributed by atoms with Gasteiger partial charge in [-0.3, -0.25) is 4.79 Å². The van der Waals surface area contributed by atoms with E-state index >= 15 is 0 Å². The molecule has 3 rings (SSSR count). The minimum atomic E-state index is -0.299. The van der Waals surface area contributed by atoms with Gasteiger partial charge in [-0.2, -0.15) is 5.26 Å². The number of anilines is 3. The maximum absolute atomic E-state index is 12.7. The molecule has 27 heavy (non-hydrogen) atoms. The largest absolute Gasteiger partial charge is 0.340 e. The molecule has 0 aliphatic heterocycles. The second-order valence-electron chi connectivity index (χ2n) is 6.22. The highest BCUT2D eigenvalue weighted by Gasteiger charge is 2.13. The molecule has 1 amide bonds. The second kappa shape index (κ2) is 7.67. The number of amides is 1. The van der Waals surface area contributed by atoms with Crippen molar-refractivity contribution in [2.24, 2.45) is 0 Å². The standard InChI is InChI=1S/C21H19N5O/c1-13-6-4-7-14(2)20(13)26-21(27)18-11-19(24-15(3)23-18)25-17-9-5-8-16(10-17)12-22/h4-11H,1-3H3,(H,26,27)(H,23,24,25). The number of carbonyl (C=O) groups is 1. The summed E-state index contributed by atoms with van der Waals surface area (Å²) in [5, 5.41) is 15.1. The van der Waals surface area contributed by atoms with Gasteiger partial charge < -0.3 is 10.6 Å². The van der Waals surface area contributed by atoms with Crippen LogP contribution in [0.4, 0.5) is 17.2 Å². The zero-order valence-electron chi connectivity index (χ0n) is 15.4. The molecule has 0 spiro atoms. The van der Waals surface area contributed by atoms with Crippen molar-refractivity contribution in [1.29, 1.82) is 5.26 Å². The van der Waals surface area contributed by atoms with Crippen molar-refractivity contribution in [3.8, 4) is 6.07 Å². The Kier molecular flexibility index (Phi) is 5.13. The number of benzene rings is 2. The third kappa shape index (κ3) is 4.28. The number of aryl methyl sites for hydroxylation is 3. The first-order valence-electron chi connectivity index (χ1n) is 8.46. The zero-order chi connectivity index (χ0) is 19.4. The fourth-order valence-corrected chi connectivity index (χ4v) is 2.75. The SMILES string of the molecule is Cc1nc(Nc2cccc(C#N)c2)cc(C(=O)Nc2c(C)cccc2C)n1. The summed E-state index contributed by atoms with van der Waals surface area (Å²) in [5.74, 6) is 0.666. The smallest absolute Gasteiger partial charge is 0.274 e. The molecule has 134 valence electrons. The van der Waals surface area contributed by atoms with Crippen LogP contribution in [0.3, 0.4) is 0 Å². The van der Waals surface area contributed by atoms with Gasteiger partial charge in [0.05, 0.1) is 11.6 Å². The van der Waals surface area contributed by atoms with Gasteiger partial charge in [-0.05, 0) is 50.1 Å². The lowest BCUT2D eigenvalue weighted by Crippen LogP contribution is -2.16. The lowest BCUT2D eigenvalue weighted by atomic mass is 10.1. The van der Waals surface area contributed by atoms with Crippen molar-refractivity contribution in [3.05, 3.63) is 76.7 Å². The number of nitrogens with one attached hydrogen (secondary N) is 2. The fraction of sp³-hybridized carbons (Fsp3) is 0.143. The van der Waals surface area contributed by atoms with Crippen LogP contribution in [0.1, 0.15) is 33.0 Å². The van der Waals surface area contributed by atoms with E-state index in [0.717, 1.165) is 16.8 Å². The molecule has 3 aromatic rings. The van der Waals surface area contributed by atoms with Gasteiger partial charge in [-0.1, -0.05) is 24.3 Å². The van der Waals surface area contributed by atoms with Gasteiger partial charge in [0.2, 0.25) is 0 Å². The Morgan fingerprint density at radius 1 is 1.00 bits per heavy atom. The van der Waals surface area contributed by atoms with Gasteiger partial charge in [0.25, 0.3) is 5.91 Å². The number of para-hydroxylation sites is 1. The Morgan fingerprint density at radius 3 is 2.41 bits per heavy atom. The highest BCUT2D eigenvalue weighted by Crippen LogP contribution is 2.21. The van der Waals surface area contributed by atoms with E-state index in [-0.39, 0.29) is 11.6 Å². The molecule has 0 saturated carbocycles. The summed E-state index contributed by atoms with van der Waals surface area (Å²) in [6, 6.07) is 16.6. The molecule has 2 N–H and O–H groups in total. The molecule has 1 aromatic heterocycles. The van der Waals surface area contributed by atoms with Crippen LogP contribution in [0.5, 0.6) is 0 Å². The van der Waals surface area contributed by atoms with Crippen molar-refractivity contribution in [2.75, 3.05) is 10.6 Å². The van der Waals surface area contributed by atoms with Crippen LogP contribution < -0.4 is 10.6 Å². The van der Waals surface area contributed by atoms with E-state index in [0.29, 0.717) is 22.9 Å². The summed E-state index contributed by atoms with van der Waals surface area (Å²) in [6.07, 6.45) is 0. The summed E-state index contributed by atoms with van der Waals surface area (Å²) in [6.45, 7) is 5.62. The van der Waals surface area contributed by atoms with Gasteiger partial charge in [-0.25, -0.2) is 9.97 Å². The molecular formula is C21H19N5O. The Labute approximate surface area is 157 Å². The maximum Gasteiger partial charge on any atom is 0.274 e. The van der Waals surface area contributed by atoms with Gasteiger partial charge in [0, 0.05) is 17.4 Å². The van der Waals surface area contributed by atoms with E-state index in [1.807, 2.05) is 38.1 Å². The summed E-state index contributed by atoms with van der Waals surface area (Å²) in [5.41, 5.74) is 4.28. The maximum atomic E-state index is 12.7. The van der Waals surface area contributed by atoms with Crippen molar-refractivity contribution in [2.45, 2.75) is 20.8 Å². The number of nitrogens with zero attached hydrogens (tertiary/aromatic N) is 3. The van der Waals surface area contributed by atoms with E-state index in [9.17, 15) is 4.79 Å². The molecule has 0 atom stereocenters. The fourth-order valence-electron chi connectivity index (χ4n) is 2.75. The molecule has 6 heteroatoms. The number of aromatic nitrogens is 2. The Hall–Kier alpha value is -3.72. The van der Waals surface area contributed by atoms with Crippen molar-refractivity contribution >= 4 is 23.1 Å². The van der Waals surface area contributed by atoms with E-state index in [2.05, 4.69) is 26.7 Å². The van der Waals surface area contributed by atoms with Crippen LogP contribution in [0.25, 0.3) is 0 Å². The highest BCUT2D eigenvalue weighted by atomic mass is 16.1. The van der Waals surface area contributed by atoms with E-state index in [1.165, 1.54) is 0 Å². The van der Waals surface area contributed by atoms with Crippen LogP contribution in [0.2, 0.25) is 0 Å². The summed E-state index contributed by atoms with van der Waals surface area (Å²) in [7, 11) is 0. The molecule has 2 aromatic carbocycles. The molecule has 0 bridgehead atoms. The van der Waals surface area contributed by atoms with Gasteiger partial charge >= 0.3 is 0 Å². The topological polar surface area (TPSA) is 90.7 Å². The average Bonchev–Trinajstić information content (AvgIpc) is 2.64. The number of hydrogen-bond donors (Lipinski definition) is 2. The molecule has 0 unspecified atom stereocenters. The number of carbonyl (C=O) groups excluding carboxylic acids is 1. The predicted molar refractivity (Wildman–Crippen MR) is 105 cm³/mol. The second-order valence-corrected chi connectivity index (χ2v) is 6.22. The van der Waals surface area contributed by atoms with Crippen molar-refractivity contribution < 1.29 is 4.79 Å². The Bertz CT molecular complexity index is 1030. The third-order valence-corrected chi connectivity index (χ3v) is 4.05. The first-order chi connectivity index (χ1) is 13.0. The molecule has 1 heterocycles. The van der Waals surface area contributed by atoms with Gasteiger partial charge in [0.1, 0.15) is 17.3 Å². The van der Waals surface area contributed by atoms with Crippen molar-refractivity contribution in [1.82, 2.24) is 9.97 Å². The first kappa shape index (κ1) is 18.1. The lowest BCUT2D eigenvalue weighted by molar-refractivity contribution is 0.102. The normalized spacial score (nSPS) is 10.1. The molecule has 0 fully saturated rings. The van der Waals surface area contributed by atoms with Crippen LogP contribution in [0.15, 0.2) is 48.5 Å². The van der Waals surface area contributed by atoms with Gasteiger partial charge in [-0.15, -0.1) is 0 Å². The quantitative estimate of drug-likeness (QED) is 0.728. The average molecular weight is 357 g/mol. The summed E-state index contributed by atoms with van der Waals surface area (Å²) >= 11 is 0. The molecule has 0 saturated heterocycles. The number of nitriles is 1. The van der Waals surface area contributed by atoms with E-state index in [4.69, 9.17) is 5.26 Å². The van der Waals surface area contributed by atoms with Crippen LogP contribution in [-0.2, 0) is 0 Å². The van der Waals surface area contributed by atoms with Crippen molar-refractivity contribution in [3.63, 3.8) is 0 Å². The number of hydrogen-bond acceptors (Lipinski definition) is 5. The third-order valence-electron chi connectivity index (χ3n) is 4.05. The lowest BCUT2D eigenvalue weighted by Gasteiger charge is -2.12. The number of rotatable bonds is 4. The molecule has 0 aliphatic rings. The molecular weight excluding hydrogens is 338 g/mol. The van der Waals surface area contributed by atoms with Gasteiger partial charge in [0.15, 0.2) is 0 Å². The van der Waals surface area contributed by atoms with Crippen LogP contribution >= 0.6 is 0 Å². The van der Waals surface area contributed by atoms with Crippen LogP contribution in [-0.4, -0.2) is 15.9 Å². The van der Waals surface area contributed by atoms with Crippen LogP contribution in [0, 0.1) is 32.1 Å².